The Morgan fingerprint density at radius 1 is 1.00 bits per heavy atom. The fourth-order valence-electron chi connectivity index (χ4n) is 4.90. The molecule has 0 amide bonds. The van der Waals surface area contributed by atoms with Gasteiger partial charge in [-0.25, -0.2) is 9.97 Å². The van der Waals surface area contributed by atoms with Crippen molar-refractivity contribution >= 4 is 17.0 Å². The number of piperidine rings is 1. The van der Waals surface area contributed by atoms with E-state index in [9.17, 15) is 0 Å². The Morgan fingerprint density at radius 2 is 1.97 bits per heavy atom. The summed E-state index contributed by atoms with van der Waals surface area (Å²) < 4.78 is 11.7. The van der Waals surface area contributed by atoms with E-state index >= 15 is 0 Å². The first-order valence-electron chi connectivity index (χ1n) is 11.6. The van der Waals surface area contributed by atoms with E-state index < -0.39 is 0 Å². The van der Waals surface area contributed by atoms with Crippen LogP contribution in [0.5, 0.6) is 5.75 Å². The van der Waals surface area contributed by atoms with E-state index in [0.717, 1.165) is 49.6 Å². The molecule has 7 nitrogen and oxygen atoms in total. The van der Waals surface area contributed by atoms with Gasteiger partial charge in [-0.15, -0.1) is 0 Å². The topological polar surface area (TPSA) is 67.5 Å². The molecule has 1 unspecified atom stereocenters. The van der Waals surface area contributed by atoms with Crippen molar-refractivity contribution in [2.45, 2.75) is 51.5 Å². The molecule has 1 saturated heterocycles. The number of hydrogen-bond donors (Lipinski definition) is 0. The number of ether oxygens (including phenoxy) is 1. The highest BCUT2D eigenvalue weighted by Crippen LogP contribution is 2.26. The van der Waals surface area contributed by atoms with Gasteiger partial charge in [-0.05, 0) is 56.3 Å². The number of benzene rings is 1. The Kier molecular flexibility index (Phi) is 6.02. The predicted octanol–water partition coefficient (Wildman–Crippen LogP) is 4.00. The quantitative estimate of drug-likeness (QED) is 0.588. The molecule has 31 heavy (non-hydrogen) atoms. The molecule has 2 aromatic heterocycles. The van der Waals surface area contributed by atoms with Crippen molar-refractivity contribution in [3.8, 4) is 5.75 Å². The first-order valence-corrected chi connectivity index (χ1v) is 11.6. The van der Waals surface area contributed by atoms with Crippen LogP contribution in [0, 0.1) is 6.92 Å². The molecular weight excluding hydrogens is 390 g/mol. The second-order valence-electron chi connectivity index (χ2n) is 8.64. The summed E-state index contributed by atoms with van der Waals surface area (Å²) in [5, 5.41) is 0. The molecule has 0 N–H and O–H groups in total. The van der Waals surface area contributed by atoms with Crippen LogP contribution in [0.4, 0.5) is 5.82 Å². The van der Waals surface area contributed by atoms with Crippen molar-refractivity contribution in [3.05, 3.63) is 42.0 Å². The lowest BCUT2D eigenvalue weighted by atomic mass is 9.95. The number of nitrogens with zero attached hydrogens (tertiary/aromatic N) is 5. The number of aryl methyl sites for hydroxylation is 2. The Hall–Kier alpha value is -2.67. The van der Waals surface area contributed by atoms with Crippen LogP contribution < -0.4 is 9.64 Å². The van der Waals surface area contributed by atoms with Gasteiger partial charge in [0.25, 0.3) is 5.71 Å². The molecule has 2 aliphatic rings. The van der Waals surface area contributed by atoms with Gasteiger partial charge < -0.3 is 14.1 Å². The minimum absolute atomic E-state index is 0.561. The van der Waals surface area contributed by atoms with Gasteiger partial charge in [0, 0.05) is 32.6 Å². The molecule has 1 fully saturated rings. The highest BCUT2D eigenvalue weighted by Gasteiger charge is 2.24. The highest BCUT2D eigenvalue weighted by atomic mass is 16.5. The fourth-order valence-corrected chi connectivity index (χ4v) is 4.90. The van der Waals surface area contributed by atoms with Crippen LogP contribution in [-0.4, -0.2) is 58.7 Å². The van der Waals surface area contributed by atoms with E-state index in [2.05, 4.69) is 49.0 Å². The van der Waals surface area contributed by atoms with Crippen LogP contribution in [0.25, 0.3) is 11.2 Å². The summed E-state index contributed by atoms with van der Waals surface area (Å²) in [6.45, 7) is 6.53. The third-order valence-electron chi connectivity index (χ3n) is 6.49. The van der Waals surface area contributed by atoms with Crippen molar-refractivity contribution in [3.63, 3.8) is 0 Å². The number of hydrogen-bond acceptors (Lipinski definition) is 7. The van der Waals surface area contributed by atoms with Crippen molar-refractivity contribution in [1.29, 1.82) is 0 Å². The van der Waals surface area contributed by atoms with Gasteiger partial charge in [-0.2, -0.15) is 4.98 Å². The van der Waals surface area contributed by atoms with Gasteiger partial charge in [-0.3, -0.25) is 4.90 Å². The summed E-state index contributed by atoms with van der Waals surface area (Å²) in [5.74, 6) is 2.46. The molecule has 3 aromatic rings. The predicted molar refractivity (Wildman–Crippen MR) is 121 cm³/mol. The van der Waals surface area contributed by atoms with Crippen LogP contribution in [-0.2, 0) is 6.42 Å². The molecule has 2 aliphatic heterocycles. The lowest BCUT2D eigenvalue weighted by molar-refractivity contribution is 0.143. The summed E-state index contributed by atoms with van der Waals surface area (Å²) >= 11 is 0. The van der Waals surface area contributed by atoms with Gasteiger partial charge in [-0.1, -0.05) is 18.6 Å². The molecule has 7 heteroatoms. The van der Waals surface area contributed by atoms with Gasteiger partial charge in [0.15, 0.2) is 17.2 Å². The zero-order valence-electron chi connectivity index (χ0n) is 18.3. The van der Waals surface area contributed by atoms with Crippen molar-refractivity contribution in [1.82, 2.24) is 19.9 Å². The maximum absolute atomic E-state index is 6.07. The molecule has 1 atom stereocenters. The lowest BCUT2D eigenvalue weighted by Gasteiger charge is -2.37. The number of rotatable bonds is 1. The molecular formula is C24H31N5O2. The molecule has 1 aromatic carbocycles. The molecule has 2 bridgehead atoms. The average molecular weight is 422 g/mol. The van der Waals surface area contributed by atoms with E-state index in [4.69, 9.17) is 9.15 Å². The lowest BCUT2D eigenvalue weighted by Crippen LogP contribution is -2.44. The zero-order valence-corrected chi connectivity index (χ0v) is 18.3. The summed E-state index contributed by atoms with van der Waals surface area (Å²) in [5.41, 5.74) is 2.70. The maximum atomic E-state index is 6.07. The highest BCUT2D eigenvalue weighted by molar-refractivity contribution is 5.81. The molecule has 4 heterocycles. The van der Waals surface area contributed by atoms with Gasteiger partial charge in [0.1, 0.15) is 12.1 Å². The fraction of sp³-hybridized carbons (Fsp3) is 0.542. The third kappa shape index (κ3) is 4.66. The number of fused-ring (bicyclic) bond motifs is 4. The Balaban J connectivity index is 1.41. The summed E-state index contributed by atoms with van der Waals surface area (Å²) in [6.07, 6.45) is 8.71. The minimum Gasteiger partial charge on any atom is -0.494 e. The van der Waals surface area contributed by atoms with Crippen molar-refractivity contribution < 1.29 is 9.15 Å². The standard InChI is InChI=1S/C24H31N5O2/c1-18-27-22-23(25-17-26-24(22)31-18)29-12-5-15-30-21-8-4-6-19(16-21)9-10-20-7-2-3-11-28(20)13-14-29/h4,6,8,16-17,20H,2-3,5,7,9-15H2,1H3. The van der Waals surface area contributed by atoms with Crippen LogP contribution in [0.3, 0.4) is 0 Å². The molecule has 0 radical (unpaired) electrons. The average Bonchev–Trinajstić information content (AvgIpc) is 3.18. The van der Waals surface area contributed by atoms with Crippen LogP contribution in [0.15, 0.2) is 35.0 Å². The van der Waals surface area contributed by atoms with E-state index in [1.165, 1.54) is 37.8 Å². The maximum Gasteiger partial charge on any atom is 0.252 e. The molecule has 0 saturated carbocycles. The zero-order chi connectivity index (χ0) is 21.0. The van der Waals surface area contributed by atoms with Gasteiger partial charge >= 0.3 is 0 Å². The summed E-state index contributed by atoms with van der Waals surface area (Å²) in [7, 11) is 0. The van der Waals surface area contributed by atoms with Crippen LogP contribution >= 0.6 is 0 Å². The third-order valence-corrected chi connectivity index (χ3v) is 6.49. The van der Waals surface area contributed by atoms with Gasteiger partial charge in [0.05, 0.1) is 6.61 Å². The largest absolute Gasteiger partial charge is 0.494 e. The second-order valence-corrected chi connectivity index (χ2v) is 8.64. The molecule has 164 valence electrons. The van der Waals surface area contributed by atoms with Crippen molar-refractivity contribution in [2.24, 2.45) is 0 Å². The van der Waals surface area contributed by atoms with Crippen LogP contribution in [0.2, 0.25) is 0 Å². The Bertz CT molecular complexity index is 1020. The molecule has 0 aliphatic carbocycles. The smallest absolute Gasteiger partial charge is 0.252 e. The summed E-state index contributed by atoms with van der Waals surface area (Å²) in [4.78, 5) is 18.5. The van der Waals surface area contributed by atoms with E-state index in [-0.39, 0.29) is 0 Å². The van der Waals surface area contributed by atoms with Crippen molar-refractivity contribution in [2.75, 3.05) is 37.7 Å². The van der Waals surface area contributed by atoms with E-state index in [0.29, 0.717) is 24.3 Å². The Labute approximate surface area is 183 Å². The van der Waals surface area contributed by atoms with E-state index in [1.807, 2.05) is 6.92 Å². The summed E-state index contributed by atoms with van der Waals surface area (Å²) in [6, 6.07) is 9.26. The number of oxazole rings is 1. The normalized spacial score (nSPS) is 21.3. The molecule has 5 rings (SSSR count). The number of anilines is 1. The first-order chi connectivity index (χ1) is 15.3. The second kappa shape index (κ2) is 9.22. The van der Waals surface area contributed by atoms with E-state index in [1.54, 1.807) is 6.33 Å². The Morgan fingerprint density at radius 3 is 2.94 bits per heavy atom. The SMILES string of the molecule is Cc1nc2c(N3CCCOc4cccc(c4)CCC4CCCCN4CC3)ncnc2o1. The van der Waals surface area contributed by atoms with Gasteiger partial charge in [0.2, 0.25) is 0 Å². The first kappa shape index (κ1) is 20.2. The minimum atomic E-state index is 0.561. The van der Waals surface area contributed by atoms with Crippen LogP contribution in [0.1, 0.15) is 43.6 Å². The number of aromatic nitrogens is 3. The molecule has 0 spiro atoms. The monoisotopic (exact) mass is 421 g/mol.